The van der Waals surface area contributed by atoms with E-state index in [2.05, 4.69) is 0 Å². The molecule has 1 atom stereocenters. The van der Waals surface area contributed by atoms with Crippen molar-refractivity contribution in [1.29, 1.82) is 0 Å². The molecule has 2 aromatic rings. The number of hydrogen-bond donors (Lipinski definition) is 1. The van der Waals surface area contributed by atoms with Crippen LogP contribution in [0.4, 0.5) is 0 Å². The SMILES string of the molecule is CC(C)Oc1cccc(C(N)Cc2ccco2)c1. The quantitative estimate of drug-likeness (QED) is 0.879. The first-order chi connectivity index (χ1) is 8.65. The minimum Gasteiger partial charge on any atom is -0.491 e. The van der Waals surface area contributed by atoms with E-state index in [1.165, 1.54) is 0 Å². The molecule has 0 aliphatic rings. The van der Waals surface area contributed by atoms with Crippen LogP contribution in [0.2, 0.25) is 0 Å². The Balaban J connectivity index is 2.07. The molecule has 0 saturated heterocycles. The molecule has 0 aliphatic heterocycles. The van der Waals surface area contributed by atoms with Crippen molar-refractivity contribution in [2.24, 2.45) is 5.73 Å². The molecule has 3 nitrogen and oxygen atoms in total. The Morgan fingerprint density at radius 3 is 2.72 bits per heavy atom. The Hall–Kier alpha value is -1.74. The van der Waals surface area contributed by atoms with Crippen molar-refractivity contribution in [3.63, 3.8) is 0 Å². The lowest BCUT2D eigenvalue weighted by atomic mass is 10.0. The first-order valence-electron chi connectivity index (χ1n) is 6.19. The van der Waals surface area contributed by atoms with Crippen molar-refractivity contribution in [3.05, 3.63) is 54.0 Å². The summed E-state index contributed by atoms with van der Waals surface area (Å²) in [4.78, 5) is 0. The number of benzene rings is 1. The maximum absolute atomic E-state index is 6.17. The monoisotopic (exact) mass is 245 g/mol. The van der Waals surface area contributed by atoms with Gasteiger partial charge in [0.1, 0.15) is 11.5 Å². The van der Waals surface area contributed by atoms with Crippen molar-refractivity contribution in [3.8, 4) is 5.75 Å². The Kier molecular flexibility index (Phi) is 4.05. The van der Waals surface area contributed by atoms with Gasteiger partial charge >= 0.3 is 0 Å². The number of nitrogens with two attached hydrogens (primary N) is 1. The van der Waals surface area contributed by atoms with E-state index in [9.17, 15) is 0 Å². The first kappa shape index (κ1) is 12.7. The van der Waals surface area contributed by atoms with Crippen LogP contribution in [0.15, 0.2) is 47.1 Å². The molecule has 1 heterocycles. The summed E-state index contributed by atoms with van der Waals surface area (Å²) in [6, 6.07) is 11.7. The summed E-state index contributed by atoms with van der Waals surface area (Å²) in [6.45, 7) is 4.02. The molecule has 0 saturated carbocycles. The van der Waals surface area contributed by atoms with Gasteiger partial charge in [0.15, 0.2) is 0 Å². The fraction of sp³-hybridized carbons (Fsp3) is 0.333. The zero-order chi connectivity index (χ0) is 13.0. The lowest BCUT2D eigenvalue weighted by Gasteiger charge is -2.14. The maximum atomic E-state index is 6.17. The molecular weight excluding hydrogens is 226 g/mol. The van der Waals surface area contributed by atoms with Gasteiger partial charge in [-0.2, -0.15) is 0 Å². The van der Waals surface area contributed by atoms with Gasteiger partial charge < -0.3 is 14.9 Å². The molecule has 96 valence electrons. The lowest BCUT2D eigenvalue weighted by molar-refractivity contribution is 0.242. The van der Waals surface area contributed by atoms with Crippen LogP contribution in [0.25, 0.3) is 0 Å². The lowest BCUT2D eigenvalue weighted by Crippen LogP contribution is -2.13. The summed E-state index contributed by atoms with van der Waals surface area (Å²) in [5, 5.41) is 0. The third kappa shape index (κ3) is 3.37. The van der Waals surface area contributed by atoms with Crippen molar-refractivity contribution >= 4 is 0 Å². The molecule has 0 aliphatic carbocycles. The van der Waals surface area contributed by atoms with E-state index in [0.29, 0.717) is 6.42 Å². The van der Waals surface area contributed by atoms with E-state index < -0.39 is 0 Å². The zero-order valence-corrected chi connectivity index (χ0v) is 10.8. The molecule has 2 rings (SSSR count). The predicted molar refractivity (Wildman–Crippen MR) is 71.5 cm³/mol. The molecule has 1 unspecified atom stereocenters. The zero-order valence-electron chi connectivity index (χ0n) is 10.8. The Morgan fingerprint density at radius 1 is 1.22 bits per heavy atom. The van der Waals surface area contributed by atoms with E-state index >= 15 is 0 Å². The van der Waals surface area contributed by atoms with Crippen molar-refractivity contribution in [1.82, 2.24) is 0 Å². The minimum absolute atomic E-state index is 0.0770. The smallest absolute Gasteiger partial charge is 0.120 e. The van der Waals surface area contributed by atoms with Gasteiger partial charge in [0, 0.05) is 12.5 Å². The highest BCUT2D eigenvalue weighted by Crippen LogP contribution is 2.21. The van der Waals surface area contributed by atoms with Crippen LogP contribution in [0, 0.1) is 0 Å². The Bertz CT molecular complexity index is 477. The van der Waals surface area contributed by atoms with Gasteiger partial charge in [-0.25, -0.2) is 0 Å². The summed E-state index contributed by atoms with van der Waals surface area (Å²) < 4.78 is 11.0. The van der Waals surface area contributed by atoms with E-state index in [1.807, 2.05) is 50.2 Å². The Labute approximate surface area is 108 Å². The third-order valence-electron chi connectivity index (χ3n) is 2.66. The van der Waals surface area contributed by atoms with Crippen LogP contribution >= 0.6 is 0 Å². The summed E-state index contributed by atoms with van der Waals surface area (Å²) in [5.41, 5.74) is 7.23. The number of furan rings is 1. The molecule has 18 heavy (non-hydrogen) atoms. The maximum Gasteiger partial charge on any atom is 0.120 e. The third-order valence-corrected chi connectivity index (χ3v) is 2.66. The second-order valence-corrected chi connectivity index (χ2v) is 4.63. The highest BCUT2D eigenvalue weighted by molar-refractivity contribution is 5.31. The molecule has 0 bridgehead atoms. The van der Waals surface area contributed by atoms with Crippen molar-refractivity contribution in [2.75, 3.05) is 0 Å². The predicted octanol–water partition coefficient (Wildman–Crippen LogP) is 3.31. The van der Waals surface area contributed by atoms with Gasteiger partial charge in [0.2, 0.25) is 0 Å². The first-order valence-corrected chi connectivity index (χ1v) is 6.19. The molecule has 0 amide bonds. The highest BCUT2D eigenvalue weighted by atomic mass is 16.5. The highest BCUT2D eigenvalue weighted by Gasteiger charge is 2.10. The summed E-state index contributed by atoms with van der Waals surface area (Å²) >= 11 is 0. The summed E-state index contributed by atoms with van der Waals surface area (Å²) in [5.74, 6) is 1.76. The number of hydrogen-bond acceptors (Lipinski definition) is 3. The molecular formula is C15H19NO2. The van der Waals surface area contributed by atoms with Crippen LogP contribution in [-0.4, -0.2) is 6.10 Å². The minimum atomic E-state index is -0.0770. The summed E-state index contributed by atoms with van der Waals surface area (Å²) in [6.07, 6.45) is 2.53. The fourth-order valence-electron chi connectivity index (χ4n) is 1.85. The van der Waals surface area contributed by atoms with Crippen LogP contribution in [0.3, 0.4) is 0 Å². The molecule has 1 aromatic heterocycles. The second kappa shape index (κ2) is 5.74. The molecule has 0 radical (unpaired) electrons. The average Bonchev–Trinajstić information content (AvgIpc) is 2.81. The van der Waals surface area contributed by atoms with Gasteiger partial charge in [-0.15, -0.1) is 0 Å². The summed E-state index contributed by atoms with van der Waals surface area (Å²) in [7, 11) is 0. The largest absolute Gasteiger partial charge is 0.491 e. The van der Waals surface area contributed by atoms with E-state index in [-0.39, 0.29) is 12.1 Å². The standard InChI is InChI=1S/C15H19NO2/c1-11(2)18-14-6-3-5-12(9-14)15(16)10-13-7-4-8-17-13/h3-9,11,15H,10,16H2,1-2H3. The second-order valence-electron chi connectivity index (χ2n) is 4.63. The van der Waals surface area contributed by atoms with E-state index in [4.69, 9.17) is 14.9 Å². The van der Waals surface area contributed by atoms with Gasteiger partial charge in [0.25, 0.3) is 0 Å². The molecule has 3 heteroatoms. The van der Waals surface area contributed by atoms with Crippen LogP contribution in [-0.2, 0) is 6.42 Å². The van der Waals surface area contributed by atoms with Crippen LogP contribution < -0.4 is 10.5 Å². The van der Waals surface area contributed by atoms with Gasteiger partial charge in [0.05, 0.1) is 12.4 Å². The molecule has 1 aromatic carbocycles. The Morgan fingerprint density at radius 2 is 2.06 bits per heavy atom. The van der Waals surface area contributed by atoms with E-state index in [1.54, 1.807) is 6.26 Å². The van der Waals surface area contributed by atoms with Crippen LogP contribution in [0.5, 0.6) is 5.75 Å². The van der Waals surface area contributed by atoms with Crippen LogP contribution in [0.1, 0.15) is 31.2 Å². The topological polar surface area (TPSA) is 48.4 Å². The number of ether oxygens (including phenoxy) is 1. The fourth-order valence-corrected chi connectivity index (χ4v) is 1.85. The molecule has 0 spiro atoms. The number of rotatable bonds is 5. The van der Waals surface area contributed by atoms with Gasteiger partial charge in [-0.1, -0.05) is 12.1 Å². The van der Waals surface area contributed by atoms with Crippen molar-refractivity contribution in [2.45, 2.75) is 32.4 Å². The molecule has 0 fully saturated rings. The van der Waals surface area contributed by atoms with E-state index in [0.717, 1.165) is 17.1 Å². The molecule has 2 N–H and O–H groups in total. The van der Waals surface area contributed by atoms with Crippen molar-refractivity contribution < 1.29 is 9.15 Å². The van der Waals surface area contributed by atoms with Gasteiger partial charge in [-0.3, -0.25) is 0 Å². The normalized spacial score (nSPS) is 12.7. The average molecular weight is 245 g/mol. The van der Waals surface area contributed by atoms with Gasteiger partial charge in [-0.05, 0) is 43.7 Å².